The number of benzene rings is 1. The maximum atomic E-state index is 11.2. The van der Waals surface area contributed by atoms with Crippen LogP contribution in [-0.4, -0.2) is 42.0 Å². The van der Waals surface area contributed by atoms with Crippen molar-refractivity contribution in [3.05, 3.63) is 33.9 Å². The van der Waals surface area contributed by atoms with Gasteiger partial charge in [-0.2, -0.15) is 0 Å². The van der Waals surface area contributed by atoms with E-state index in [-0.39, 0.29) is 10.6 Å². The first-order chi connectivity index (χ1) is 9.00. The average molecular weight is 263 g/mol. The number of piperazine rings is 1. The summed E-state index contributed by atoms with van der Waals surface area (Å²) in [5.74, 6) is 0. The van der Waals surface area contributed by atoms with Crippen LogP contribution in [0.15, 0.2) is 18.2 Å². The normalized spacial score (nSPS) is 16.9. The Labute approximate surface area is 114 Å². The molecule has 0 aliphatic carbocycles. The second kappa shape index (κ2) is 5.57. The van der Waals surface area contributed by atoms with E-state index >= 15 is 0 Å². The highest BCUT2D eigenvalue weighted by Gasteiger charge is 2.25. The van der Waals surface area contributed by atoms with Crippen molar-refractivity contribution in [2.24, 2.45) is 0 Å². The zero-order valence-corrected chi connectivity index (χ0v) is 11.8. The van der Waals surface area contributed by atoms with Gasteiger partial charge in [0, 0.05) is 37.8 Å². The standard InChI is InChI=1S/C14H21N3O2/c1-11(2)15-7-9-16(10-8-15)13-6-4-5-12(3)14(13)17(18)19/h4-6,11H,7-10H2,1-3H3. The van der Waals surface area contributed by atoms with E-state index in [1.807, 2.05) is 12.1 Å². The summed E-state index contributed by atoms with van der Waals surface area (Å²) in [4.78, 5) is 15.5. The number of anilines is 1. The van der Waals surface area contributed by atoms with Crippen LogP contribution in [0, 0.1) is 17.0 Å². The maximum Gasteiger partial charge on any atom is 0.295 e. The van der Waals surface area contributed by atoms with Gasteiger partial charge in [0.05, 0.1) is 4.92 Å². The van der Waals surface area contributed by atoms with E-state index in [1.165, 1.54) is 0 Å². The fourth-order valence-corrected chi connectivity index (χ4v) is 2.62. The second-order valence-corrected chi connectivity index (χ2v) is 5.32. The lowest BCUT2D eigenvalue weighted by atomic mass is 10.1. The quantitative estimate of drug-likeness (QED) is 0.621. The van der Waals surface area contributed by atoms with Gasteiger partial charge in [0.1, 0.15) is 5.69 Å². The third-order valence-corrected chi connectivity index (χ3v) is 3.78. The van der Waals surface area contributed by atoms with E-state index < -0.39 is 0 Å². The van der Waals surface area contributed by atoms with Crippen LogP contribution in [0.25, 0.3) is 0 Å². The molecular weight excluding hydrogens is 242 g/mol. The van der Waals surface area contributed by atoms with Gasteiger partial charge in [0.25, 0.3) is 5.69 Å². The van der Waals surface area contributed by atoms with Crippen molar-refractivity contribution < 1.29 is 4.92 Å². The lowest BCUT2D eigenvalue weighted by Crippen LogP contribution is -2.49. The molecule has 1 heterocycles. The minimum Gasteiger partial charge on any atom is -0.363 e. The summed E-state index contributed by atoms with van der Waals surface area (Å²) in [6.07, 6.45) is 0. The van der Waals surface area contributed by atoms with Crippen LogP contribution in [0.2, 0.25) is 0 Å². The molecule has 2 rings (SSSR count). The Kier molecular flexibility index (Phi) is 4.04. The monoisotopic (exact) mass is 263 g/mol. The molecule has 1 aromatic rings. The SMILES string of the molecule is Cc1cccc(N2CCN(C(C)C)CC2)c1[N+](=O)[O-]. The maximum absolute atomic E-state index is 11.2. The Bertz CT molecular complexity index is 466. The van der Waals surface area contributed by atoms with Crippen LogP contribution in [0.1, 0.15) is 19.4 Å². The first-order valence-corrected chi connectivity index (χ1v) is 6.73. The van der Waals surface area contributed by atoms with E-state index in [1.54, 1.807) is 13.0 Å². The number of rotatable bonds is 3. The molecular formula is C14H21N3O2. The molecule has 0 spiro atoms. The smallest absolute Gasteiger partial charge is 0.295 e. The first kappa shape index (κ1) is 13.8. The molecule has 0 aromatic heterocycles. The van der Waals surface area contributed by atoms with E-state index in [2.05, 4.69) is 23.6 Å². The largest absolute Gasteiger partial charge is 0.363 e. The highest BCUT2D eigenvalue weighted by atomic mass is 16.6. The topological polar surface area (TPSA) is 49.6 Å². The van der Waals surface area contributed by atoms with Crippen molar-refractivity contribution in [2.75, 3.05) is 31.1 Å². The minimum atomic E-state index is -0.264. The Balaban J connectivity index is 2.20. The van der Waals surface area contributed by atoms with Gasteiger partial charge in [-0.1, -0.05) is 12.1 Å². The third-order valence-electron chi connectivity index (χ3n) is 3.78. The molecule has 5 heteroatoms. The highest BCUT2D eigenvalue weighted by Crippen LogP contribution is 2.31. The van der Waals surface area contributed by atoms with Crippen LogP contribution in [-0.2, 0) is 0 Å². The molecule has 0 unspecified atom stereocenters. The summed E-state index contributed by atoms with van der Waals surface area (Å²) in [6, 6.07) is 6.09. The molecule has 1 saturated heterocycles. The number of nitro groups is 1. The fraction of sp³-hybridized carbons (Fsp3) is 0.571. The summed E-state index contributed by atoms with van der Waals surface area (Å²) in [6.45, 7) is 9.79. The number of aryl methyl sites for hydroxylation is 1. The molecule has 104 valence electrons. The second-order valence-electron chi connectivity index (χ2n) is 5.32. The van der Waals surface area contributed by atoms with Crippen molar-refractivity contribution in [3.63, 3.8) is 0 Å². The zero-order valence-electron chi connectivity index (χ0n) is 11.8. The molecule has 19 heavy (non-hydrogen) atoms. The third kappa shape index (κ3) is 2.87. The van der Waals surface area contributed by atoms with E-state index in [0.29, 0.717) is 6.04 Å². The summed E-state index contributed by atoms with van der Waals surface area (Å²) < 4.78 is 0. The molecule has 1 aliphatic heterocycles. The van der Waals surface area contributed by atoms with Gasteiger partial charge in [0.15, 0.2) is 0 Å². The lowest BCUT2D eigenvalue weighted by molar-refractivity contribution is -0.384. The number of para-hydroxylation sites is 1. The molecule has 0 bridgehead atoms. The highest BCUT2D eigenvalue weighted by molar-refractivity contribution is 5.66. The number of hydrogen-bond donors (Lipinski definition) is 0. The summed E-state index contributed by atoms with van der Waals surface area (Å²) in [5.41, 5.74) is 1.74. The van der Waals surface area contributed by atoms with Crippen molar-refractivity contribution in [1.29, 1.82) is 0 Å². The van der Waals surface area contributed by atoms with Gasteiger partial charge < -0.3 is 4.90 Å². The summed E-state index contributed by atoms with van der Waals surface area (Å²) in [5, 5.41) is 11.2. The number of nitro benzene ring substituents is 1. The summed E-state index contributed by atoms with van der Waals surface area (Å²) in [7, 11) is 0. The lowest BCUT2D eigenvalue weighted by Gasteiger charge is -2.37. The van der Waals surface area contributed by atoms with Crippen LogP contribution in [0.5, 0.6) is 0 Å². The molecule has 1 aliphatic rings. The van der Waals surface area contributed by atoms with Gasteiger partial charge in [-0.3, -0.25) is 15.0 Å². The molecule has 1 fully saturated rings. The van der Waals surface area contributed by atoms with E-state index in [0.717, 1.165) is 37.4 Å². The molecule has 1 aromatic carbocycles. The van der Waals surface area contributed by atoms with E-state index in [9.17, 15) is 10.1 Å². The molecule has 0 radical (unpaired) electrons. The molecule has 0 atom stereocenters. The Morgan fingerprint density at radius 1 is 1.21 bits per heavy atom. The van der Waals surface area contributed by atoms with Crippen molar-refractivity contribution >= 4 is 11.4 Å². The van der Waals surface area contributed by atoms with Crippen LogP contribution in [0.4, 0.5) is 11.4 Å². The van der Waals surface area contributed by atoms with Gasteiger partial charge in [-0.15, -0.1) is 0 Å². The Morgan fingerprint density at radius 3 is 2.37 bits per heavy atom. The molecule has 0 N–H and O–H groups in total. The minimum absolute atomic E-state index is 0.250. The average Bonchev–Trinajstić information content (AvgIpc) is 2.38. The molecule has 0 amide bonds. The predicted octanol–water partition coefficient (Wildman–Crippen LogP) is 2.43. The van der Waals surface area contributed by atoms with Crippen LogP contribution in [0.3, 0.4) is 0 Å². The predicted molar refractivity (Wildman–Crippen MR) is 76.8 cm³/mol. The van der Waals surface area contributed by atoms with Crippen LogP contribution >= 0.6 is 0 Å². The van der Waals surface area contributed by atoms with Gasteiger partial charge in [-0.25, -0.2) is 0 Å². The Hall–Kier alpha value is -1.62. The molecule has 0 saturated carbocycles. The van der Waals surface area contributed by atoms with Crippen molar-refractivity contribution in [1.82, 2.24) is 4.90 Å². The summed E-state index contributed by atoms with van der Waals surface area (Å²) >= 11 is 0. The molecule has 5 nitrogen and oxygen atoms in total. The van der Waals surface area contributed by atoms with Crippen molar-refractivity contribution in [2.45, 2.75) is 26.8 Å². The van der Waals surface area contributed by atoms with Crippen LogP contribution < -0.4 is 4.90 Å². The number of hydrogen-bond acceptors (Lipinski definition) is 4. The van der Waals surface area contributed by atoms with Gasteiger partial charge in [0.2, 0.25) is 0 Å². The van der Waals surface area contributed by atoms with Gasteiger partial charge >= 0.3 is 0 Å². The number of nitrogens with zero attached hydrogens (tertiary/aromatic N) is 3. The van der Waals surface area contributed by atoms with Crippen molar-refractivity contribution in [3.8, 4) is 0 Å². The first-order valence-electron chi connectivity index (χ1n) is 6.73. The van der Waals surface area contributed by atoms with E-state index in [4.69, 9.17) is 0 Å². The van der Waals surface area contributed by atoms with Gasteiger partial charge in [-0.05, 0) is 26.8 Å². The Morgan fingerprint density at radius 2 is 1.84 bits per heavy atom. The zero-order chi connectivity index (χ0) is 14.0. The fourth-order valence-electron chi connectivity index (χ4n) is 2.62.